The summed E-state index contributed by atoms with van der Waals surface area (Å²) < 4.78 is 16.5. The van der Waals surface area contributed by atoms with E-state index in [-0.39, 0.29) is 11.9 Å². The monoisotopic (exact) mass is 298 g/mol. The normalized spacial score (nSPS) is 21.7. The van der Waals surface area contributed by atoms with Gasteiger partial charge in [0.15, 0.2) is 6.29 Å². The minimum Gasteiger partial charge on any atom is -0.378 e. The van der Waals surface area contributed by atoms with Gasteiger partial charge in [0.25, 0.3) is 0 Å². The van der Waals surface area contributed by atoms with Crippen molar-refractivity contribution in [1.82, 2.24) is 0 Å². The highest BCUT2D eigenvalue weighted by molar-refractivity contribution is 5.22. The molecule has 0 aromatic carbocycles. The van der Waals surface area contributed by atoms with E-state index in [0.29, 0.717) is 5.41 Å². The average molecular weight is 298 g/mol. The fourth-order valence-electron chi connectivity index (χ4n) is 3.52. The van der Waals surface area contributed by atoms with E-state index in [1.165, 1.54) is 19.3 Å². The van der Waals surface area contributed by atoms with Crippen LogP contribution in [-0.4, -0.2) is 33.2 Å². The van der Waals surface area contributed by atoms with Gasteiger partial charge >= 0.3 is 0 Å². The van der Waals surface area contributed by atoms with Crippen molar-refractivity contribution >= 4 is 0 Å². The van der Waals surface area contributed by atoms with Crippen molar-refractivity contribution in [1.29, 1.82) is 0 Å². The molecule has 1 aliphatic rings. The van der Waals surface area contributed by atoms with Crippen molar-refractivity contribution in [3.05, 3.63) is 11.1 Å². The van der Waals surface area contributed by atoms with E-state index in [9.17, 15) is 0 Å². The topological polar surface area (TPSA) is 27.7 Å². The van der Waals surface area contributed by atoms with Crippen molar-refractivity contribution in [2.75, 3.05) is 21.3 Å². The summed E-state index contributed by atoms with van der Waals surface area (Å²) in [6.45, 7) is 9.21. The van der Waals surface area contributed by atoms with Crippen LogP contribution in [0.5, 0.6) is 0 Å². The Morgan fingerprint density at radius 2 is 1.81 bits per heavy atom. The summed E-state index contributed by atoms with van der Waals surface area (Å²) in [6.07, 6.45) is 6.52. The molecule has 0 aromatic rings. The number of methoxy groups -OCH3 is 3. The molecule has 0 bridgehead atoms. The first-order valence-corrected chi connectivity index (χ1v) is 8.08. The molecular formula is C18H34O3. The summed E-state index contributed by atoms with van der Waals surface area (Å²) in [7, 11) is 5.15. The Kier molecular flexibility index (Phi) is 6.89. The van der Waals surface area contributed by atoms with Gasteiger partial charge in [-0.1, -0.05) is 25.0 Å². The first-order chi connectivity index (χ1) is 9.78. The number of allylic oxidation sites excluding steroid dienone is 2. The molecule has 1 aliphatic carbocycles. The highest BCUT2D eigenvalue weighted by Crippen LogP contribution is 2.43. The number of rotatable bonds is 8. The second kappa shape index (κ2) is 7.75. The molecule has 0 amide bonds. The molecule has 0 saturated carbocycles. The first kappa shape index (κ1) is 18.7. The van der Waals surface area contributed by atoms with Gasteiger partial charge in [0.2, 0.25) is 0 Å². The zero-order chi connectivity index (χ0) is 16.1. The quantitative estimate of drug-likeness (QED) is 0.480. The fraction of sp³-hybridized carbons (Fsp3) is 0.889. The third-order valence-corrected chi connectivity index (χ3v) is 5.21. The van der Waals surface area contributed by atoms with Crippen LogP contribution in [0.2, 0.25) is 0 Å². The van der Waals surface area contributed by atoms with Gasteiger partial charge in [-0.3, -0.25) is 0 Å². The Morgan fingerprint density at radius 3 is 2.29 bits per heavy atom. The summed E-state index contributed by atoms with van der Waals surface area (Å²) in [5.41, 5.74) is 3.33. The molecule has 0 N–H and O–H groups in total. The van der Waals surface area contributed by atoms with Crippen LogP contribution in [0.15, 0.2) is 11.1 Å². The van der Waals surface area contributed by atoms with Crippen LogP contribution in [0, 0.1) is 5.41 Å². The second-order valence-corrected chi connectivity index (χ2v) is 7.26. The summed E-state index contributed by atoms with van der Waals surface area (Å²) in [5, 5.41) is 0. The largest absolute Gasteiger partial charge is 0.378 e. The Hall–Kier alpha value is -0.380. The van der Waals surface area contributed by atoms with Crippen LogP contribution in [0.1, 0.15) is 66.2 Å². The predicted molar refractivity (Wildman–Crippen MR) is 87.4 cm³/mol. The smallest absolute Gasteiger partial charge is 0.159 e. The van der Waals surface area contributed by atoms with Crippen LogP contribution in [0.4, 0.5) is 0 Å². The molecule has 0 fully saturated rings. The standard InChI is InChI=1S/C18H34O3/c1-14-9-8-11-17(2,3)15(14)10-12-18(4,21-7)13-16(19-5)20-6/h16H,8-13H2,1-7H3. The number of ether oxygens (including phenoxy) is 3. The van der Waals surface area contributed by atoms with E-state index in [2.05, 4.69) is 27.7 Å². The lowest BCUT2D eigenvalue weighted by Gasteiger charge is -2.37. The molecule has 0 aliphatic heterocycles. The van der Waals surface area contributed by atoms with Crippen molar-refractivity contribution in [3.8, 4) is 0 Å². The van der Waals surface area contributed by atoms with Crippen molar-refractivity contribution in [2.45, 2.75) is 78.1 Å². The van der Waals surface area contributed by atoms with Crippen molar-refractivity contribution in [2.24, 2.45) is 5.41 Å². The molecule has 124 valence electrons. The highest BCUT2D eigenvalue weighted by atomic mass is 16.7. The van der Waals surface area contributed by atoms with Gasteiger partial charge in [-0.15, -0.1) is 0 Å². The van der Waals surface area contributed by atoms with Crippen LogP contribution in [0.3, 0.4) is 0 Å². The molecule has 0 spiro atoms. The fourth-order valence-corrected chi connectivity index (χ4v) is 3.52. The van der Waals surface area contributed by atoms with Gasteiger partial charge in [-0.05, 0) is 51.4 Å². The molecule has 0 saturated heterocycles. The molecule has 1 unspecified atom stereocenters. The van der Waals surface area contributed by atoms with Crippen molar-refractivity contribution < 1.29 is 14.2 Å². The average Bonchev–Trinajstić information content (AvgIpc) is 2.43. The highest BCUT2D eigenvalue weighted by Gasteiger charge is 2.32. The summed E-state index contributed by atoms with van der Waals surface area (Å²) >= 11 is 0. The first-order valence-electron chi connectivity index (χ1n) is 8.08. The zero-order valence-electron chi connectivity index (χ0n) is 15.0. The van der Waals surface area contributed by atoms with Gasteiger partial charge in [-0.25, -0.2) is 0 Å². The molecule has 1 atom stereocenters. The molecule has 0 radical (unpaired) electrons. The maximum atomic E-state index is 5.78. The summed E-state index contributed by atoms with van der Waals surface area (Å²) in [4.78, 5) is 0. The third kappa shape index (κ3) is 5.08. The van der Waals surface area contributed by atoms with Gasteiger partial charge in [0, 0.05) is 27.8 Å². The summed E-state index contributed by atoms with van der Waals surface area (Å²) in [5.74, 6) is 0. The maximum absolute atomic E-state index is 5.78. The summed E-state index contributed by atoms with van der Waals surface area (Å²) in [6, 6.07) is 0. The minimum atomic E-state index is -0.211. The Morgan fingerprint density at radius 1 is 1.19 bits per heavy atom. The molecule has 0 heterocycles. The van der Waals surface area contributed by atoms with E-state index in [0.717, 1.165) is 19.3 Å². The van der Waals surface area contributed by atoms with Crippen molar-refractivity contribution in [3.63, 3.8) is 0 Å². The van der Waals surface area contributed by atoms with Crippen LogP contribution in [-0.2, 0) is 14.2 Å². The van der Waals surface area contributed by atoms with Gasteiger partial charge < -0.3 is 14.2 Å². The van der Waals surface area contributed by atoms with E-state index in [4.69, 9.17) is 14.2 Å². The molecule has 3 heteroatoms. The molecule has 3 nitrogen and oxygen atoms in total. The van der Waals surface area contributed by atoms with E-state index in [1.807, 2.05) is 0 Å². The minimum absolute atomic E-state index is 0.204. The third-order valence-electron chi connectivity index (χ3n) is 5.21. The van der Waals surface area contributed by atoms with E-state index >= 15 is 0 Å². The van der Waals surface area contributed by atoms with Gasteiger partial charge in [0.1, 0.15) is 0 Å². The van der Waals surface area contributed by atoms with Crippen LogP contribution in [0.25, 0.3) is 0 Å². The Balaban J connectivity index is 2.74. The van der Waals surface area contributed by atoms with Crippen LogP contribution < -0.4 is 0 Å². The number of hydrogen-bond donors (Lipinski definition) is 0. The van der Waals surface area contributed by atoms with Gasteiger partial charge in [0.05, 0.1) is 5.60 Å². The lowest BCUT2D eigenvalue weighted by Crippen LogP contribution is -2.35. The lowest BCUT2D eigenvalue weighted by molar-refractivity contribution is -0.148. The Bertz CT molecular complexity index is 355. The van der Waals surface area contributed by atoms with Crippen LogP contribution >= 0.6 is 0 Å². The molecule has 21 heavy (non-hydrogen) atoms. The zero-order valence-corrected chi connectivity index (χ0v) is 15.0. The van der Waals surface area contributed by atoms with Gasteiger partial charge in [-0.2, -0.15) is 0 Å². The molecular weight excluding hydrogens is 264 g/mol. The lowest BCUT2D eigenvalue weighted by atomic mass is 9.70. The Labute approximate surface area is 131 Å². The maximum Gasteiger partial charge on any atom is 0.159 e. The molecule has 1 rings (SSSR count). The second-order valence-electron chi connectivity index (χ2n) is 7.26. The predicted octanol–water partition coefficient (Wildman–Crippen LogP) is 4.71. The van der Waals surface area contributed by atoms with E-state index < -0.39 is 0 Å². The molecule has 0 aromatic heterocycles. The number of hydrogen-bond acceptors (Lipinski definition) is 3. The van der Waals surface area contributed by atoms with E-state index in [1.54, 1.807) is 32.5 Å². The SMILES string of the molecule is COC(CC(C)(CCC1=C(C)CCCC1(C)C)OC)OC.